The van der Waals surface area contributed by atoms with Crippen molar-refractivity contribution in [3.8, 4) is 0 Å². The van der Waals surface area contributed by atoms with E-state index < -0.39 is 6.97 Å². The summed E-state index contributed by atoms with van der Waals surface area (Å²) in [6.07, 6.45) is 0. The Morgan fingerprint density at radius 2 is 1.21 bits per heavy atom. The van der Waals surface area contributed by atoms with Crippen LogP contribution in [0.15, 0.2) is 96.2 Å². The third-order valence-electron chi connectivity index (χ3n) is 8.72. The van der Waals surface area contributed by atoms with Gasteiger partial charge in [0, 0.05) is 23.8 Å². The topological polar surface area (TPSA) is 7.94 Å². The van der Waals surface area contributed by atoms with Gasteiger partial charge in [0.05, 0.1) is 11.1 Å². The Labute approximate surface area is 227 Å². The molecular weight excluding hydrogens is 485 g/mol. The average Bonchev–Trinajstić information content (AvgIpc) is 3.38. The molecule has 0 unspecified atom stereocenters. The molecule has 0 amide bonds. The minimum Gasteiger partial charge on any atom is -0.393 e. The molecule has 0 radical (unpaired) electrons. The Hall–Kier alpha value is -4.25. The van der Waals surface area contributed by atoms with Gasteiger partial charge < -0.3 is 17.6 Å². The molecule has 0 N–H and O–H groups in total. The van der Waals surface area contributed by atoms with Crippen molar-refractivity contribution in [1.29, 1.82) is 0 Å². The molecule has 2 aliphatic heterocycles. The zero-order chi connectivity index (χ0) is 27.2. The SMILES string of the molecule is CC1=C(c2c3ccccc3c(C)c3ccccc23)C(C)=[N+]2C1=C(c1ccccc1)c1c(C)cc(C)n1[B-]2(F)F. The molecule has 0 spiro atoms. The molecule has 1 aromatic heterocycles. The molecule has 3 heterocycles. The van der Waals surface area contributed by atoms with Gasteiger partial charge in [-0.1, -0.05) is 78.9 Å². The van der Waals surface area contributed by atoms with Gasteiger partial charge in [0.15, 0.2) is 5.70 Å². The van der Waals surface area contributed by atoms with E-state index in [4.69, 9.17) is 0 Å². The first-order chi connectivity index (χ1) is 18.7. The summed E-state index contributed by atoms with van der Waals surface area (Å²) in [5, 5.41) is 4.48. The maximum Gasteiger partial charge on any atom is 0.737 e. The van der Waals surface area contributed by atoms with Crippen molar-refractivity contribution in [3.05, 3.63) is 130 Å². The summed E-state index contributed by atoms with van der Waals surface area (Å²) >= 11 is 0. The van der Waals surface area contributed by atoms with E-state index in [2.05, 4.69) is 43.3 Å². The van der Waals surface area contributed by atoms with Crippen LogP contribution < -0.4 is 0 Å². The second-order valence-electron chi connectivity index (χ2n) is 10.9. The first-order valence-corrected chi connectivity index (χ1v) is 13.5. The van der Waals surface area contributed by atoms with Crippen LogP contribution in [-0.2, 0) is 0 Å². The van der Waals surface area contributed by atoms with Gasteiger partial charge in [-0.05, 0) is 77.7 Å². The number of nitrogens with zero attached hydrogens (tertiary/aromatic N) is 2. The number of aromatic nitrogens is 1. The predicted molar refractivity (Wildman–Crippen MR) is 159 cm³/mol. The van der Waals surface area contributed by atoms with E-state index in [0.717, 1.165) is 55.0 Å². The third kappa shape index (κ3) is 3.04. The van der Waals surface area contributed by atoms with Crippen molar-refractivity contribution in [3.63, 3.8) is 0 Å². The normalized spacial score (nSPS) is 16.5. The average molecular weight is 514 g/mol. The number of hydrogen-bond donors (Lipinski definition) is 0. The number of halogens is 2. The summed E-state index contributed by atoms with van der Waals surface area (Å²) in [7, 11) is 0. The molecule has 4 aromatic carbocycles. The van der Waals surface area contributed by atoms with Crippen LogP contribution in [0.3, 0.4) is 0 Å². The van der Waals surface area contributed by atoms with Gasteiger partial charge in [0.1, 0.15) is 5.71 Å². The molecule has 0 saturated heterocycles. The molecule has 5 aromatic rings. The van der Waals surface area contributed by atoms with E-state index in [1.165, 1.54) is 14.5 Å². The minimum atomic E-state index is -4.11. The predicted octanol–water partition coefficient (Wildman–Crippen LogP) is 8.68. The lowest BCUT2D eigenvalue weighted by molar-refractivity contribution is -0.363. The fourth-order valence-electron chi connectivity index (χ4n) is 7.18. The molecule has 5 heteroatoms. The zero-order valence-corrected chi connectivity index (χ0v) is 22.8. The monoisotopic (exact) mass is 514 g/mol. The van der Waals surface area contributed by atoms with Crippen LogP contribution in [0.1, 0.15) is 47.5 Å². The highest BCUT2D eigenvalue weighted by Gasteiger charge is 2.56. The quantitative estimate of drug-likeness (QED) is 0.165. The van der Waals surface area contributed by atoms with Crippen LogP contribution in [0.4, 0.5) is 8.63 Å². The maximum atomic E-state index is 16.8. The van der Waals surface area contributed by atoms with Crippen molar-refractivity contribution in [2.24, 2.45) is 0 Å². The third-order valence-corrected chi connectivity index (χ3v) is 8.72. The largest absolute Gasteiger partial charge is 0.737 e. The van der Waals surface area contributed by atoms with E-state index >= 15 is 8.63 Å². The van der Waals surface area contributed by atoms with Crippen molar-refractivity contribution < 1.29 is 13.1 Å². The highest BCUT2D eigenvalue weighted by molar-refractivity contribution is 6.59. The van der Waals surface area contributed by atoms with Gasteiger partial charge in [-0.15, -0.1) is 0 Å². The van der Waals surface area contributed by atoms with E-state index in [1.807, 2.05) is 69.3 Å². The summed E-state index contributed by atoms with van der Waals surface area (Å²) in [6, 6.07) is 28.6. The first kappa shape index (κ1) is 23.8. The Kier molecular flexibility index (Phi) is 4.97. The van der Waals surface area contributed by atoms with E-state index in [-0.39, 0.29) is 0 Å². The van der Waals surface area contributed by atoms with E-state index in [1.54, 1.807) is 6.92 Å². The van der Waals surface area contributed by atoms with Crippen molar-refractivity contribution in [1.82, 2.24) is 4.48 Å². The molecular formula is C34H29BF2N2. The molecule has 0 aliphatic carbocycles. The second-order valence-corrected chi connectivity index (χ2v) is 10.9. The van der Waals surface area contributed by atoms with Crippen LogP contribution in [0.25, 0.3) is 32.7 Å². The fraction of sp³-hybridized carbons (Fsp3) is 0.147. The molecule has 0 saturated carbocycles. The van der Waals surface area contributed by atoms with Gasteiger partial charge in [0.2, 0.25) is 0 Å². The highest BCUT2D eigenvalue weighted by Crippen LogP contribution is 2.49. The number of benzene rings is 4. The highest BCUT2D eigenvalue weighted by atomic mass is 19.2. The number of fused-ring (bicyclic) bond motifs is 4. The lowest BCUT2D eigenvalue weighted by atomic mass is 9.83. The van der Waals surface area contributed by atoms with Crippen LogP contribution >= 0.6 is 0 Å². The molecule has 0 atom stereocenters. The molecule has 7 rings (SSSR count). The fourth-order valence-corrected chi connectivity index (χ4v) is 7.18. The molecule has 2 nitrogen and oxygen atoms in total. The number of hydrogen-bond acceptors (Lipinski definition) is 0. The second kappa shape index (κ2) is 8.13. The molecule has 0 bridgehead atoms. The van der Waals surface area contributed by atoms with Crippen molar-refractivity contribution >= 4 is 45.4 Å². The van der Waals surface area contributed by atoms with E-state index in [0.29, 0.717) is 22.8 Å². The molecule has 0 fully saturated rings. The van der Waals surface area contributed by atoms with Gasteiger partial charge in [-0.2, -0.15) is 0 Å². The van der Waals surface area contributed by atoms with Crippen molar-refractivity contribution in [2.75, 3.05) is 0 Å². The van der Waals surface area contributed by atoms with Crippen LogP contribution in [-0.4, -0.2) is 21.6 Å². The van der Waals surface area contributed by atoms with Crippen LogP contribution in [0, 0.1) is 20.8 Å². The van der Waals surface area contributed by atoms with Gasteiger partial charge in [-0.25, -0.2) is 0 Å². The number of allylic oxidation sites excluding steroid dienone is 2. The first-order valence-electron chi connectivity index (χ1n) is 13.5. The Bertz CT molecular complexity index is 1920. The van der Waals surface area contributed by atoms with Crippen LogP contribution in [0.2, 0.25) is 0 Å². The zero-order valence-electron chi connectivity index (χ0n) is 22.8. The van der Waals surface area contributed by atoms with Crippen molar-refractivity contribution in [2.45, 2.75) is 34.6 Å². The summed E-state index contributed by atoms with van der Waals surface area (Å²) in [4.78, 5) is 0. The smallest absolute Gasteiger partial charge is 0.393 e. The number of aryl methyl sites for hydroxylation is 3. The Morgan fingerprint density at radius 3 is 1.79 bits per heavy atom. The Morgan fingerprint density at radius 1 is 0.667 bits per heavy atom. The lowest BCUT2D eigenvalue weighted by Gasteiger charge is -2.34. The van der Waals surface area contributed by atoms with Gasteiger partial charge >= 0.3 is 6.97 Å². The Balaban J connectivity index is 1.69. The summed E-state index contributed by atoms with van der Waals surface area (Å²) in [5.41, 5.74) is 9.08. The summed E-state index contributed by atoms with van der Waals surface area (Å²) in [6.45, 7) is 5.65. The van der Waals surface area contributed by atoms with Gasteiger partial charge in [0.25, 0.3) is 0 Å². The van der Waals surface area contributed by atoms with Crippen LogP contribution in [0.5, 0.6) is 0 Å². The maximum absolute atomic E-state index is 16.8. The number of rotatable bonds is 2. The summed E-state index contributed by atoms with van der Waals surface area (Å²) in [5.74, 6) is 0. The molecule has 2 aliphatic rings. The molecule has 192 valence electrons. The molecule has 39 heavy (non-hydrogen) atoms. The van der Waals surface area contributed by atoms with Gasteiger partial charge in [-0.3, -0.25) is 0 Å². The van der Waals surface area contributed by atoms with E-state index in [9.17, 15) is 0 Å². The lowest BCUT2D eigenvalue weighted by Crippen LogP contribution is -2.51. The standard InChI is InChI=1S/C34H29BF2N2/c1-20-19-21(2)38-33(20)31(25-13-7-6-8-14-25)34-23(4)30(24(5)39(34)35(38,36)37)32-28-17-11-9-15-26(28)22(3)27-16-10-12-18-29(27)32/h6-19H,1-5H3. The summed E-state index contributed by atoms with van der Waals surface area (Å²) < 4.78 is 36.2. The minimum absolute atomic E-state index is 0.574.